The topological polar surface area (TPSA) is 59.6 Å². The fourth-order valence-electron chi connectivity index (χ4n) is 1.92. The van der Waals surface area contributed by atoms with Gasteiger partial charge in [0.2, 0.25) is 5.91 Å². The number of carbonyl (C=O) groups excluding carboxylic acids is 1. The minimum atomic E-state index is -0.341. The van der Waals surface area contributed by atoms with E-state index in [4.69, 9.17) is 9.47 Å². The average molecular weight is 230 g/mol. The molecule has 1 heterocycles. The summed E-state index contributed by atoms with van der Waals surface area (Å²) in [6, 6.07) is 0.110. The molecule has 0 spiro atoms. The maximum absolute atomic E-state index is 12.0. The van der Waals surface area contributed by atoms with Gasteiger partial charge in [0.1, 0.15) is 0 Å². The van der Waals surface area contributed by atoms with Gasteiger partial charge in [0.05, 0.1) is 31.3 Å². The van der Waals surface area contributed by atoms with Gasteiger partial charge in [0, 0.05) is 13.2 Å². The molecule has 0 radical (unpaired) electrons. The van der Waals surface area contributed by atoms with Gasteiger partial charge >= 0.3 is 0 Å². The van der Waals surface area contributed by atoms with Crippen molar-refractivity contribution >= 4 is 5.91 Å². The Morgan fingerprint density at radius 1 is 1.50 bits per heavy atom. The number of hydrogen-bond acceptors (Lipinski definition) is 4. The fraction of sp³-hybridized carbons (Fsp3) is 0.909. The highest BCUT2D eigenvalue weighted by Gasteiger charge is 2.35. The summed E-state index contributed by atoms with van der Waals surface area (Å²) in [6.45, 7) is 5.47. The first-order chi connectivity index (χ1) is 7.50. The number of hydrogen-bond donors (Lipinski definition) is 2. The van der Waals surface area contributed by atoms with E-state index in [1.807, 2.05) is 20.9 Å². The van der Waals surface area contributed by atoms with Gasteiger partial charge in [-0.2, -0.15) is 0 Å². The van der Waals surface area contributed by atoms with Gasteiger partial charge in [-0.25, -0.2) is 0 Å². The first-order valence-corrected chi connectivity index (χ1v) is 5.56. The van der Waals surface area contributed by atoms with Crippen LogP contribution in [0.25, 0.3) is 0 Å². The summed E-state index contributed by atoms with van der Waals surface area (Å²) in [6.07, 6.45) is 0. The Morgan fingerprint density at radius 2 is 2.19 bits per heavy atom. The van der Waals surface area contributed by atoms with E-state index < -0.39 is 0 Å². The maximum atomic E-state index is 12.0. The van der Waals surface area contributed by atoms with Crippen LogP contribution < -0.4 is 10.6 Å². The van der Waals surface area contributed by atoms with Gasteiger partial charge in [-0.3, -0.25) is 4.79 Å². The summed E-state index contributed by atoms with van der Waals surface area (Å²) in [5.74, 6) is -0.0833. The molecule has 2 N–H and O–H groups in total. The van der Waals surface area contributed by atoms with Crippen molar-refractivity contribution in [1.29, 1.82) is 0 Å². The van der Waals surface area contributed by atoms with Crippen molar-refractivity contribution in [1.82, 2.24) is 10.6 Å². The Bertz CT molecular complexity index is 243. The normalized spacial score (nSPS) is 25.8. The molecule has 0 aliphatic carbocycles. The smallest absolute Gasteiger partial charge is 0.227 e. The minimum absolute atomic E-state index is 0.0268. The molecule has 1 rings (SSSR count). The molecule has 1 fully saturated rings. The van der Waals surface area contributed by atoms with Crippen LogP contribution in [-0.4, -0.2) is 51.5 Å². The summed E-state index contributed by atoms with van der Waals surface area (Å²) >= 11 is 0. The van der Waals surface area contributed by atoms with Crippen molar-refractivity contribution < 1.29 is 14.3 Å². The molecule has 1 amide bonds. The molecule has 5 nitrogen and oxygen atoms in total. The Hall–Kier alpha value is -0.650. The van der Waals surface area contributed by atoms with Gasteiger partial charge in [-0.1, -0.05) is 0 Å². The van der Waals surface area contributed by atoms with Crippen LogP contribution in [-0.2, 0) is 14.3 Å². The van der Waals surface area contributed by atoms with Crippen LogP contribution in [0.4, 0.5) is 0 Å². The highest BCUT2D eigenvalue weighted by atomic mass is 16.5. The van der Waals surface area contributed by atoms with Gasteiger partial charge in [0.25, 0.3) is 0 Å². The molecule has 0 bridgehead atoms. The van der Waals surface area contributed by atoms with Crippen LogP contribution in [0.2, 0.25) is 0 Å². The Kier molecular flexibility index (Phi) is 4.70. The molecule has 2 atom stereocenters. The Labute approximate surface area is 96.9 Å². The SMILES string of the molecule is CNC1COCC1C(=O)NC(C)(C)COC. The second kappa shape index (κ2) is 5.61. The first kappa shape index (κ1) is 13.4. The van der Waals surface area contributed by atoms with E-state index in [0.717, 1.165) is 0 Å². The van der Waals surface area contributed by atoms with Crippen LogP contribution in [0, 0.1) is 5.92 Å². The van der Waals surface area contributed by atoms with Crippen molar-refractivity contribution in [3.8, 4) is 0 Å². The molecular formula is C11H22N2O3. The predicted molar refractivity (Wildman–Crippen MR) is 61.3 cm³/mol. The van der Waals surface area contributed by atoms with Crippen molar-refractivity contribution in [2.45, 2.75) is 25.4 Å². The first-order valence-electron chi connectivity index (χ1n) is 5.56. The highest BCUT2D eigenvalue weighted by Crippen LogP contribution is 2.15. The second-order valence-corrected chi connectivity index (χ2v) is 4.85. The largest absolute Gasteiger partial charge is 0.382 e. The standard InChI is InChI=1S/C11H22N2O3/c1-11(2,7-15-4)13-10(14)8-5-16-6-9(8)12-3/h8-9,12H,5-7H2,1-4H3,(H,13,14). The van der Waals surface area contributed by atoms with Gasteiger partial charge in [-0.15, -0.1) is 0 Å². The zero-order valence-electron chi connectivity index (χ0n) is 10.5. The molecule has 2 unspecified atom stereocenters. The Morgan fingerprint density at radius 3 is 2.75 bits per heavy atom. The zero-order valence-corrected chi connectivity index (χ0v) is 10.5. The lowest BCUT2D eigenvalue weighted by Crippen LogP contribution is -2.52. The van der Waals surface area contributed by atoms with E-state index >= 15 is 0 Å². The summed E-state index contributed by atoms with van der Waals surface area (Å²) < 4.78 is 10.4. The molecule has 1 aliphatic heterocycles. The van der Waals surface area contributed by atoms with Crippen LogP contribution in [0.15, 0.2) is 0 Å². The molecule has 0 aromatic rings. The number of amides is 1. The summed E-state index contributed by atoms with van der Waals surface area (Å²) in [5, 5.41) is 6.08. The molecular weight excluding hydrogens is 208 g/mol. The number of carbonyl (C=O) groups is 1. The van der Waals surface area contributed by atoms with E-state index in [0.29, 0.717) is 19.8 Å². The van der Waals surface area contributed by atoms with Crippen LogP contribution >= 0.6 is 0 Å². The van der Waals surface area contributed by atoms with E-state index in [1.54, 1.807) is 7.11 Å². The second-order valence-electron chi connectivity index (χ2n) is 4.85. The van der Waals surface area contributed by atoms with E-state index in [1.165, 1.54) is 0 Å². The summed E-state index contributed by atoms with van der Waals surface area (Å²) in [4.78, 5) is 12.0. The van der Waals surface area contributed by atoms with Gasteiger partial charge in [0.15, 0.2) is 0 Å². The zero-order chi connectivity index (χ0) is 12.2. The van der Waals surface area contributed by atoms with Crippen LogP contribution in [0.5, 0.6) is 0 Å². The minimum Gasteiger partial charge on any atom is -0.382 e. The van der Waals surface area contributed by atoms with Gasteiger partial charge in [-0.05, 0) is 20.9 Å². The van der Waals surface area contributed by atoms with E-state index in [9.17, 15) is 4.79 Å². The summed E-state index contributed by atoms with van der Waals surface area (Å²) in [7, 11) is 3.48. The quantitative estimate of drug-likeness (QED) is 0.684. The molecule has 94 valence electrons. The molecule has 0 aromatic heterocycles. The number of ether oxygens (including phenoxy) is 2. The lowest BCUT2D eigenvalue weighted by molar-refractivity contribution is -0.127. The summed E-state index contributed by atoms with van der Waals surface area (Å²) in [5.41, 5.74) is -0.341. The molecule has 0 aromatic carbocycles. The molecule has 1 saturated heterocycles. The molecule has 16 heavy (non-hydrogen) atoms. The molecule has 0 saturated carbocycles. The average Bonchev–Trinajstić information content (AvgIpc) is 2.64. The third-order valence-corrected chi connectivity index (χ3v) is 2.75. The third kappa shape index (κ3) is 3.43. The lowest BCUT2D eigenvalue weighted by atomic mass is 10.00. The van der Waals surface area contributed by atoms with Crippen molar-refractivity contribution in [2.24, 2.45) is 5.92 Å². The number of methoxy groups -OCH3 is 1. The monoisotopic (exact) mass is 230 g/mol. The number of nitrogens with one attached hydrogen (secondary N) is 2. The van der Waals surface area contributed by atoms with Crippen molar-refractivity contribution in [3.63, 3.8) is 0 Å². The van der Waals surface area contributed by atoms with Crippen LogP contribution in [0.1, 0.15) is 13.8 Å². The van der Waals surface area contributed by atoms with Gasteiger partial charge < -0.3 is 20.1 Å². The lowest BCUT2D eigenvalue weighted by Gasteiger charge is -2.28. The van der Waals surface area contributed by atoms with E-state index in [-0.39, 0.29) is 23.4 Å². The predicted octanol–water partition coefficient (Wildman–Crippen LogP) is -0.238. The number of likely N-dealkylation sites (N-methyl/N-ethyl adjacent to an activating group) is 1. The highest BCUT2D eigenvalue weighted by molar-refractivity contribution is 5.80. The van der Waals surface area contributed by atoms with Crippen LogP contribution in [0.3, 0.4) is 0 Å². The number of rotatable bonds is 5. The molecule has 5 heteroatoms. The van der Waals surface area contributed by atoms with E-state index in [2.05, 4.69) is 10.6 Å². The Balaban J connectivity index is 2.51. The fourth-order valence-corrected chi connectivity index (χ4v) is 1.92. The van der Waals surface area contributed by atoms with Crippen molar-refractivity contribution in [3.05, 3.63) is 0 Å². The van der Waals surface area contributed by atoms with Crippen molar-refractivity contribution in [2.75, 3.05) is 34.0 Å². The maximum Gasteiger partial charge on any atom is 0.227 e. The molecule has 1 aliphatic rings. The third-order valence-electron chi connectivity index (χ3n) is 2.75.